The highest BCUT2D eigenvalue weighted by atomic mass is 32.1. The van der Waals surface area contributed by atoms with Crippen LogP contribution < -0.4 is 4.90 Å². The van der Waals surface area contributed by atoms with E-state index in [0.29, 0.717) is 6.54 Å². The van der Waals surface area contributed by atoms with Gasteiger partial charge in [0.15, 0.2) is 0 Å². The van der Waals surface area contributed by atoms with Crippen molar-refractivity contribution < 1.29 is 4.79 Å². The van der Waals surface area contributed by atoms with Crippen molar-refractivity contribution in [3.05, 3.63) is 41.6 Å². The first-order valence-electron chi connectivity index (χ1n) is 8.82. The van der Waals surface area contributed by atoms with Gasteiger partial charge in [-0.15, -0.1) is 11.3 Å². The van der Waals surface area contributed by atoms with Gasteiger partial charge < -0.3 is 9.80 Å². The molecular formula is C18H18N6OS. The predicted octanol–water partition coefficient (Wildman–Crippen LogP) is 2.04. The molecule has 1 unspecified atom stereocenters. The van der Waals surface area contributed by atoms with E-state index >= 15 is 0 Å². The highest BCUT2D eigenvalue weighted by molar-refractivity contribution is 7.16. The van der Waals surface area contributed by atoms with E-state index in [1.54, 1.807) is 24.0 Å². The number of fused-ring (bicyclic) bond motifs is 2. The van der Waals surface area contributed by atoms with Crippen molar-refractivity contribution in [3.8, 4) is 0 Å². The van der Waals surface area contributed by atoms with Crippen molar-refractivity contribution in [3.63, 3.8) is 0 Å². The summed E-state index contributed by atoms with van der Waals surface area (Å²) in [5, 5.41) is 3.06. The number of carbonyl (C=O) groups is 1. The van der Waals surface area contributed by atoms with E-state index < -0.39 is 0 Å². The fraction of sp³-hybridized carbons (Fsp3) is 0.389. The topological polar surface area (TPSA) is 75.1 Å². The molecule has 2 aliphatic rings. The van der Waals surface area contributed by atoms with Crippen LogP contribution in [0.5, 0.6) is 0 Å². The van der Waals surface area contributed by atoms with Gasteiger partial charge in [0.05, 0.1) is 17.6 Å². The number of anilines is 1. The summed E-state index contributed by atoms with van der Waals surface area (Å²) < 4.78 is 0. The first kappa shape index (κ1) is 15.6. The Kier molecular flexibility index (Phi) is 3.77. The molecule has 7 nitrogen and oxygen atoms in total. The van der Waals surface area contributed by atoms with Gasteiger partial charge in [-0.3, -0.25) is 4.79 Å². The number of rotatable bonds is 2. The van der Waals surface area contributed by atoms with Crippen LogP contribution in [0.1, 0.15) is 24.1 Å². The van der Waals surface area contributed by atoms with Crippen molar-refractivity contribution in [1.29, 1.82) is 0 Å². The summed E-state index contributed by atoms with van der Waals surface area (Å²) in [6.45, 7) is 2.14. The zero-order valence-corrected chi connectivity index (χ0v) is 15.0. The Labute approximate surface area is 154 Å². The Morgan fingerprint density at radius 2 is 2.15 bits per heavy atom. The van der Waals surface area contributed by atoms with E-state index in [2.05, 4.69) is 24.8 Å². The number of thiophene rings is 1. The van der Waals surface area contributed by atoms with Crippen molar-refractivity contribution in [2.45, 2.75) is 31.8 Å². The molecule has 1 saturated heterocycles. The molecule has 0 bridgehead atoms. The van der Waals surface area contributed by atoms with Crippen LogP contribution in [0.3, 0.4) is 0 Å². The van der Waals surface area contributed by atoms with E-state index in [1.807, 2.05) is 22.5 Å². The van der Waals surface area contributed by atoms with Crippen LogP contribution >= 0.6 is 11.3 Å². The number of hydrogen-bond acceptors (Lipinski definition) is 7. The molecule has 2 aliphatic heterocycles. The van der Waals surface area contributed by atoms with Gasteiger partial charge in [0.2, 0.25) is 5.91 Å². The summed E-state index contributed by atoms with van der Waals surface area (Å²) in [7, 11) is 0. The zero-order chi connectivity index (χ0) is 17.5. The lowest BCUT2D eigenvalue weighted by Crippen LogP contribution is -2.47. The fourth-order valence-electron chi connectivity index (χ4n) is 3.93. The summed E-state index contributed by atoms with van der Waals surface area (Å²) in [4.78, 5) is 35.6. The molecule has 0 aliphatic carbocycles. The van der Waals surface area contributed by atoms with Crippen LogP contribution in [0.4, 0.5) is 5.82 Å². The third-order valence-corrected chi connectivity index (χ3v) is 6.06. The Bertz CT molecular complexity index is 973. The summed E-state index contributed by atoms with van der Waals surface area (Å²) in [5.41, 5.74) is 2.11. The molecule has 5 heterocycles. The Morgan fingerprint density at radius 3 is 3.12 bits per heavy atom. The van der Waals surface area contributed by atoms with Crippen LogP contribution in [0.2, 0.25) is 0 Å². The number of amides is 1. The summed E-state index contributed by atoms with van der Waals surface area (Å²) in [5.74, 6) is 1.06. The standard InChI is InChI=1S/C18H18N6OS/c25-18(23-6-3-12-8-19-10-20-14(12)9-23)15-2-1-5-24(15)16-13-4-7-26-17(13)22-11-21-16/h4,7-8,10-11,15H,1-3,5-6,9H2. The zero-order valence-electron chi connectivity index (χ0n) is 14.2. The van der Waals surface area contributed by atoms with Crippen LogP contribution in [-0.2, 0) is 17.8 Å². The highest BCUT2D eigenvalue weighted by Crippen LogP contribution is 2.32. The minimum absolute atomic E-state index is 0.156. The van der Waals surface area contributed by atoms with Crippen LogP contribution in [-0.4, -0.2) is 49.9 Å². The monoisotopic (exact) mass is 366 g/mol. The largest absolute Gasteiger partial charge is 0.344 e. The molecule has 0 N–H and O–H groups in total. The van der Waals surface area contributed by atoms with E-state index in [4.69, 9.17) is 0 Å². The van der Waals surface area contributed by atoms with Crippen molar-refractivity contribution >= 4 is 33.3 Å². The maximum atomic E-state index is 13.3. The quantitative estimate of drug-likeness (QED) is 0.691. The molecule has 8 heteroatoms. The van der Waals surface area contributed by atoms with E-state index in [0.717, 1.165) is 59.6 Å². The molecule has 3 aromatic rings. The first-order valence-corrected chi connectivity index (χ1v) is 9.70. The van der Waals surface area contributed by atoms with Gasteiger partial charge in [-0.2, -0.15) is 0 Å². The van der Waals surface area contributed by atoms with E-state index in [1.165, 1.54) is 0 Å². The van der Waals surface area contributed by atoms with Crippen molar-refractivity contribution in [2.75, 3.05) is 18.0 Å². The van der Waals surface area contributed by atoms with Crippen LogP contribution in [0.15, 0.2) is 30.3 Å². The molecule has 5 rings (SSSR count). The smallest absolute Gasteiger partial charge is 0.245 e. The second kappa shape index (κ2) is 6.28. The second-order valence-electron chi connectivity index (χ2n) is 6.69. The Morgan fingerprint density at radius 1 is 1.19 bits per heavy atom. The second-order valence-corrected chi connectivity index (χ2v) is 7.59. The van der Waals surface area contributed by atoms with E-state index in [-0.39, 0.29) is 11.9 Å². The normalized spacial score (nSPS) is 19.8. The lowest BCUT2D eigenvalue weighted by atomic mass is 10.1. The molecule has 26 heavy (non-hydrogen) atoms. The molecule has 0 aromatic carbocycles. The minimum Gasteiger partial charge on any atom is -0.344 e. The molecule has 0 radical (unpaired) electrons. The molecule has 0 spiro atoms. The lowest BCUT2D eigenvalue weighted by Gasteiger charge is -2.33. The van der Waals surface area contributed by atoms with Gasteiger partial charge in [0, 0.05) is 19.3 Å². The molecule has 1 fully saturated rings. The fourth-order valence-corrected chi connectivity index (χ4v) is 4.66. The number of aromatic nitrogens is 4. The van der Waals surface area contributed by atoms with Crippen LogP contribution in [0, 0.1) is 0 Å². The SMILES string of the molecule is O=C(C1CCCN1c1ncnc2sccc12)N1CCc2cncnc2C1. The Balaban J connectivity index is 1.42. The van der Waals surface area contributed by atoms with Crippen LogP contribution in [0.25, 0.3) is 10.2 Å². The first-order chi connectivity index (χ1) is 12.8. The lowest BCUT2D eigenvalue weighted by molar-refractivity contribution is -0.133. The average Bonchev–Trinajstić information content (AvgIpc) is 3.36. The van der Waals surface area contributed by atoms with Gasteiger partial charge in [0.25, 0.3) is 0 Å². The summed E-state index contributed by atoms with van der Waals surface area (Å²) in [6.07, 6.45) is 7.70. The molecular weight excluding hydrogens is 348 g/mol. The minimum atomic E-state index is -0.156. The Hall–Kier alpha value is -2.61. The summed E-state index contributed by atoms with van der Waals surface area (Å²) in [6, 6.07) is 1.89. The summed E-state index contributed by atoms with van der Waals surface area (Å²) >= 11 is 1.60. The highest BCUT2D eigenvalue weighted by Gasteiger charge is 2.36. The molecule has 3 aromatic heterocycles. The maximum absolute atomic E-state index is 13.3. The third-order valence-electron chi connectivity index (χ3n) is 5.24. The van der Waals surface area contributed by atoms with E-state index in [9.17, 15) is 4.79 Å². The molecule has 0 saturated carbocycles. The number of carbonyl (C=O) groups excluding carboxylic acids is 1. The predicted molar refractivity (Wildman–Crippen MR) is 98.9 cm³/mol. The molecule has 1 atom stereocenters. The van der Waals surface area contributed by atoms with Gasteiger partial charge in [-0.25, -0.2) is 19.9 Å². The van der Waals surface area contributed by atoms with Crippen molar-refractivity contribution in [1.82, 2.24) is 24.8 Å². The third kappa shape index (κ3) is 2.52. The number of hydrogen-bond donors (Lipinski definition) is 0. The molecule has 132 valence electrons. The van der Waals surface area contributed by atoms with Gasteiger partial charge in [-0.05, 0) is 36.3 Å². The van der Waals surface area contributed by atoms with Crippen molar-refractivity contribution in [2.24, 2.45) is 0 Å². The maximum Gasteiger partial charge on any atom is 0.245 e. The average molecular weight is 366 g/mol. The van der Waals surface area contributed by atoms with Gasteiger partial charge in [0.1, 0.15) is 29.3 Å². The number of nitrogens with zero attached hydrogens (tertiary/aromatic N) is 6. The van der Waals surface area contributed by atoms with Gasteiger partial charge in [-0.1, -0.05) is 0 Å². The molecule has 1 amide bonds. The van der Waals surface area contributed by atoms with Gasteiger partial charge >= 0.3 is 0 Å².